The SMILES string of the molecule is CC(=O)O[C@H]1CC[C@]2(C)C(=CC[C@H]3[C@@H]4CCC([C@H](C)CCCC(C)C)[C@]4(C)CC[C@@H]32)C1. The van der Waals surface area contributed by atoms with Crippen molar-refractivity contribution >= 4 is 5.97 Å². The molecule has 3 saturated carbocycles. The molecule has 0 bridgehead atoms. The van der Waals surface area contributed by atoms with Gasteiger partial charge in [-0.1, -0.05) is 65.5 Å². The van der Waals surface area contributed by atoms with Gasteiger partial charge < -0.3 is 4.74 Å². The van der Waals surface area contributed by atoms with E-state index in [1.165, 1.54) is 57.8 Å². The summed E-state index contributed by atoms with van der Waals surface area (Å²) in [5, 5.41) is 0. The molecular weight excluding hydrogens is 380 g/mol. The minimum absolute atomic E-state index is 0.115. The van der Waals surface area contributed by atoms with E-state index in [4.69, 9.17) is 4.74 Å². The Bertz CT molecular complexity index is 693. The van der Waals surface area contributed by atoms with Crippen LogP contribution in [0.3, 0.4) is 0 Å². The molecule has 0 aromatic rings. The van der Waals surface area contributed by atoms with Gasteiger partial charge in [0.2, 0.25) is 0 Å². The highest BCUT2D eigenvalue weighted by Gasteiger charge is 2.59. The van der Waals surface area contributed by atoms with Crippen LogP contribution in [0.15, 0.2) is 11.6 Å². The van der Waals surface area contributed by atoms with Crippen LogP contribution >= 0.6 is 0 Å². The monoisotopic (exact) mass is 428 g/mol. The topological polar surface area (TPSA) is 26.3 Å². The van der Waals surface area contributed by atoms with Crippen LogP contribution in [0.1, 0.15) is 112 Å². The van der Waals surface area contributed by atoms with Gasteiger partial charge in [-0.15, -0.1) is 0 Å². The van der Waals surface area contributed by atoms with Crippen LogP contribution < -0.4 is 0 Å². The molecule has 0 spiro atoms. The minimum atomic E-state index is -0.115. The molecule has 176 valence electrons. The molecule has 3 fully saturated rings. The summed E-state index contributed by atoms with van der Waals surface area (Å²) in [6.45, 7) is 14.1. The van der Waals surface area contributed by atoms with E-state index in [0.29, 0.717) is 10.8 Å². The predicted molar refractivity (Wildman–Crippen MR) is 129 cm³/mol. The Kier molecular flexibility index (Phi) is 6.68. The highest BCUT2D eigenvalue weighted by Crippen LogP contribution is 2.67. The van der Waals surface area contributed by atoms with E-state index >= 15 is 0 Å². The molecule has 2 heteroatoms. The second-order valence-corrected chi connectivity index (χ2v) is 12.8. The molecule has 2 nitrogen and oxygen atoms in total. The van der Waals surface area contributed by atoms with Crippen molar-refractivity contribution in [3.05, 3.63) is 11.6 Å². The van der Waals surface area contributed by atoms with E-state index in [1.807, 2.05) is 0 Å². The fourth-order valence-electron chi connectivity index (χ4n) is 8.99. The van der Waals surface area contributed by atoms with Gasteiger partial charge in [0.15, 0.2) is 0 Å². The molecule has 4 aliphatic rings. The molecular formula is C29H48O2. The van der Waals surface area contributed by atoms with Crippen LogP contribution in [-0.2, 0) is 9.53 Å². The van der Waals surface area contributed by atoms with Crippen molar-refractivity contribution in [2.75, 3.05) is 0 Å². The maximum Gasteiger partial charge on any atom is 0.302 e. The van der Waals surface area contributed by atoms with Gasteiger partial charge in [0.1, 0.15) is 6.10 Å². The number of hydrogen-bond acceptors (Lipinski definition) is 2. The molecule has 1 unspecified atom stereocenters. The van der Waals surface area contributed by atoms with Crippen LogP contribution in [-0.4, -0.2) is 12.1 Å². The lowest BCUT2D eigenvalue weighted by Gasteiger charge is -2.58. The van der Waals surface area contributed by atoms with Crippen LogP contribution in [0, 0.1) is 46.3 Å². The van der Waals surface area contributed by atoms with E-state index in [2.05, 4.69) is 40.7 Å². The molecule has 31 heavy (non-hydrogen) atoms. The maximum atomic E-state index is 11.5. The number of allylic oxidation sites excluding steroid dienone is 1. The quantitative estimate of drug-likeness (QED) is 0.317. The van der Waals surface area contributed by atoms with Gasteiger partial charge >= 0.3 is 5.97 Å². The summed E-state index contributed by atoms with van der Waals surface area (Å²) in [4.78, 5) is 11.5. The lowest BCUT2D eigenvalue weighted by molar-refractivity contribution is -0.148. The lowest BCUT2D eigenvalue weighted by Crippen LogP contribution is -2.51. The van der Waals surface area contributed by atoms with Crippen LogP contribution in [0.5, 0.6) is 0 Å². The van der Waals surface area contributed by atoms with Crippen molar-refractivity contribution in [1.29, 1.82) is 0 Å². The Hall–Kier alpha value is -0.790. The summed E-state index contributed by atoms with van der Waals surface area (Å²) in [7, 11) is 0. The third-order valence-corrected chi connectivity index (χ3v) is 10.6. The third-order valence-electron chi connectivity index (χ3n) is 10.6. The molecule has 0 amide bonds. The van der Waals surface area contributed by atoms with E-state index in [0.717, 1.165) is 48.3 Å². The molecule has 0 aliphatic heterocycles. The third kappa shape index (κ3) is 4.26. The molecule has 8 atom stereocenters. The van der Waals surface area contributed by atoms with Gasteiger partial charge in [0.05, 0.1) is 0 Å². The summed E-state index contributed by atoms with van der Waals surface area (Å²) in [6, 6.07) is 0. The zero-order valence-corrected chi connectivity index (χ0v) is 21.2. The van der Waals surface area contributed by atoms with Gasteiger partial charge in [-0.3, -0.25) is 4.79 Å². The predicted octanol–water partition coefficient (Wildman–Crippen LogP) is 7.96. The normalized spacial score (nSPS) is 42.9. The van der Waals surface area contributed by atoms with E-state index in [-0.39, 0.29) is 12.1 Å². The Morgan fingerprint density at radius 2 is 1.84 bits per heavy atom. The average molecular weight is 429 g/mol. The van der Waals surface area contributed by atoms with Gasteiger partial charge in [-0.2, -0.15) is 0 Å². The Balaban J connectivity index is 1.47. The number of hydrogen-bond donors (Lipinski definition) is 0. The maximum absolute atomic E-state index is 11.5. The number of esters is 1. The Morgan fingerprint density at radius 1 is 1.06 bits per heavy atom. The van der Waals surface area contributed by atoms with Crippen molar-refractivity contribution in [1.82, 2.24) is 0 Å². The van der Waals surface area contributed by atoms with E-state index in [1.54, 1.807) is 12.5 Å². The molecule has 0 aromatic heterocycles. The van der Waals surface area contributed by atoms with Crippen molar-refractivity contribution in [3.63, 3.8) is 0 Å². The minimum Gasteiger partial charge on any atom is -0.462 e. The first-order valence-electron chi connectivity index (χ1n) is 13.5. The van der Waals surface area contributed by atoms with Crippen LogP contribution in [0.2, 0.25) is 0 Å². The van der Waals surface area contributed by atoms with Crippen LogP contribution in [0.4, 0.5) is 0 Å². The summed E-state index contributed by atoms with van der Waals surface area (Å²) in [5.41, 5.74) is 2.53. The van der Waals surface area contributed by atoms with Gasteiger partial charge in [-0.25, -0.2) is 0 Å². The molecule has 4 rings (SSSR count). The Labute approximate surface area is 192 Å². The van der Waals surface area contributed by atoms with E-state index in [9.17, 15) is 4.79 Å². The number of ether oxygens (including phenoxy) is 1. The fourth-order valence-corrected chi connectivity index (χ4v) is 8.99. The second kappa shape index (κ2) is 8.86. The van der Waals surface area contributed by atoms with Crippen molar-refractivity contribution in [3.8, 4) is 0 Å². The summed E-state index contributed by atoms with van der Waals surface area (Å²) < 4.78 is 5.61. The number of carbonyl (C=O) groups excluding carboxylic acids is 1. The highest BCUT2D eigenvalue weighted by atomic mass is 16.5. The number of fused-ring (bicyclic) bond motifs is 5. The first-order valence-corrected chi connectivity index (χ1v) is 13.5. The van der Waals surface area contributed by atoms with Crippen molar-refractivity contribution in [2.45, 2.75) is 118 Å². The molecule has 0 aromatic carbocycles. The first-order chi connectivity index (χ1) is 14.6. The largest absolute Gasteiger partial charge is 0.462 e. The molecule has 0 saturated heterocycles. The van der Waals surface area contributed by atoms with Gasteiger partial charge in [0.25, 0.3) is 0 Å². The van der Waals surface area contributed by atoms with Gasteiger partial charge in [0, 0.05) is 13.3 Å². The first kappa shape index (κ1) is 23.4. The molecule has 0 radical (unpaired) electrons. The fraction of sp³-hybridized carbons (Fsp3) is 0.897. The highest BCUT2D eigenvalue weighted by molar-refractivity contribution is 5.66. The summed E-state index contributed by atoms with van der Waals surface area (Å²) in [5.74, 6) is 5.19. The zero-order valence-electron chi connectivity index (χ0n) is 21.2. The summed E-state index contributed by atoms with van der Waals surface area (Å²) >= 11 is 0. The van der Waals surface area contributed by atoms with Gasteiger partial charge in [-0.05, 0) is 91.3 Å². The standard InChI is InChI=1S/C29H48O2/c1-19(2)8-7-9-20(3)25-12-13-26-24-11-10-22-18-23(31-21(4)30)14-16-28(22,5)27(24)15-17-29(25,26)6/h10,19-20,23-27H,7-9,11-18H2,1-6H3/t20-,23+,24+,25?,26+,27+,28-,29+/m1/s1. The molecule has 4 aliphatic carbocycles. The van der Waals surface area contributed by atoms with Crippen molar-refractivity contribution in [2.24, 2.45) is 46.3 Å². The lowest BCUT2D eigenvalue weighted by atomic mass is 9.47. The molecule has 0 heterocycles. The second-order valence-electron chi connectivity index (χ2n) is 12.8. The number of carbonyl (C=O) groups is 1. The van der Waals surface area contributed by atoms with Crippen LogP contribution in [0.25, 0.3) is 0 Å². The van der Waals surface area contributed by atoms with Crippen molar-refractivity contribution < 1.29 is 9.53 Å². The average Bonchev–Trinajstić information content (AvgIpc) is 3.05. The zero-order chi connectivity index (χ0) is 22.4. The number of rotatable bonds is 6. The Morgan fingerprint density at radius 3 is 2.55 bits per heavy atom. The smallest absolute Gasteiger partial charge is 0.302 e. The van der Waals surface area contributed by atoms with E-state index < -0.39 is 0 Å². The summed E-state index contributed by atoms with van der Waals surface area (Å²) in [6.07, 6.45) is 17.2. The molecule has 0 N–H and O–H groups in total.